The summed E-state index contributed by atoms with van der Waals surface area (Å²) in [6, 6.07) is 5.65. The summed E-state index contributed by atoms with van der Waals surface area (Å²) in [6.45, 7) is 8.85. The molecule has 17 heavy (non-hydrogen) atoms. The monoisotopic (exact) mass is 232 g/mol. The molecular formula is C13H20N4. The lowest BCUT2D eigenvalue weighted by atomic mass is 9.87. The van der Waals surface area contributed by atoms with Crippen molar-refractivity contribution in [1.82, 2.24) is 20.0 Å². The van der Waals surface area contributed by atoms with E-state index in [1.807, 2.05) is 6.92 Å². The van der Waals surface area contributed by atoms with Crippen molar-refractivity contribution in [3.05, 3.63) is 23.5 Å². The van der Waals surface area contributed by atoms with Crippen molar-refractivity contribution < 1.29 is 0 Å². The molecule has 3 aliphatic heterocycles. The van der Waals surface area contributed by atoms with Crippen LogP contribution in [-0.4, -0.2) is 51.7 Å². The number of piperidine rings is 1. The third-order valence-electron chi connectivity index (χ3n) is 4.06. The van der Waals surface area contributed by atoms with Gasteiger partial charge in [-0.1, -0.05) is 6.92 Å². The van der Waals surface area contributed by atoms with Crippen LogP contribution in [0.5, 0.6) is 0 Å². The Labute approximate surface area is 103 Å². The molecule has 0 amide bonds. The van der Waals surface area contributed by atoms with Crippen LogP contribution in [0.25, 0.3) is 0 Å². The molecule has 0 spiro atoms. The minimum atomic E-state index is 0.747. The van der Waals surface area contributed by atoms with E-state index in [4.69, 9.17) is 0 Å². The van der Waals surface area contributed by atoms with E-state index in [0.717, 1.165) is 30.0 Å². The molecule has 2 bridgehead atoms. The van der Waals surface area contributed by atoms with Gasteiger partial charge in [-0.2, -0.15) is 10.2 Å². The van der Waals surface area contributed by atoms with E-state index in [0.29, 0.717) is 0 Å². The number of hydrogen-bond donors (Lipinski definition) is 0. The molecular weight excluding hydrogens is 212 g/mol. The number of piperazine rings is 1. The number of aromatic nitrogens is 2. The second-order valence-electron chi connectivity index (χ2n) is 5.23. The van der Waals surface area contributed by atoms with Crippen LogP contribution in [0.4, 0.5) is 0 Å². The SMILES string of the molecule is CCN1CC2CC(C1)N2Cc1ccc(C)nn1. The van der Waals surface area contributed by atoms with Gasteiger partial charge in [0.15, 0.2) is 0 Å². The second-order valence-corrected chi connectivity index (χ2v) is 5.23. The van der Waals surface area contributed by atoms with E-state index in [9.17, 15) is 0 Å². The Hall–Kier alpha value is -1.00. The zero-order valence-electron chi connectivity index (χ0n) is 10.6. The van der Waals surface area contributed by atoms with Crippen LogP contribution < -0.4 is 0 Å². The maximum Gasteiger partial charge on any atom is 0.0771 e. The maximum atomic E-state index is 4.26. The van der Waals surface area contributed by atoms with Crippen molar-refractivity contribution in [3.63, 3.8) is 0 Å². The molecule has 92 valence electrons. The van der Waals surface area contributed by atoms with Gasteiger partial charge in [0.1, 0.15) is 0 Å². The van der Waals surface area contributed by atoms with Crippen molar-refractivity contribution >= 4 is 0 Å². The van der Waals surface area contributed by atoms with E-state index in [1.165, 1.54) is 26.1 Å². The largest absolute Gasteiger partial charge is 0.301 e. The maximum absolute atomic E-state index is 4.26. The Balaban J connectivity index is 1.63. The van der Waals surface area contributed by atoms with Gasteiger partial charge in [0, 0.05) is 31.7 Å². The highest BCUT2D eigenvalue weighted by atomic mass is 15.4. The quantitative estimate of drug-likeness (QED) is 0.780. The Bertz CT molecular complexity index is 377. The predicted molar refractivity (Wildman–Crippen MR) is 66.6 cm³/mol. The molecule has 3 fully saturated rings. The highest BCUT2D eigenvalue weighted by Gasteiger charge is 2.43. The van der Waals surface area contributed by atoms with Gasteiger partial charge in [-0.3, -0.25) is 4.90 Å². The van der Waals surface area contributed by atoms with E-state index in [1.54, 1.807) is 0 Å². The summed E-state index contributed by atoms with van der Waals surface area (Å²) < 4.78 is 0. The first-order chi connectivity index (χ1) is 8.26. The van der Waals surface area contributed by atoms with Crippen LogP contribution in [0.1, 0.15) is 24.7 Å². The molecule has 1 aromatic rings. The number of aryl methyl sites for hydroxylation is 1. The van der Waals surface area contributed by atoms with E-state index < -0.39 is 0 Å². The molecule has 2 atom stereocenters. The molecule has 4 heterocycles. The molecule has 0 radical (unpaired) electrons. The minimum absolute atomic E-state index is 0.747. The summed E-state index contributed by atoms with van der Waals surface area (Å²) in [5, 5.41) is 8.39. The number of hydrogen-bond acceptors (Lipinski definition) is 4. The minimum Gasteiger partial charge on any atom is -0.301 e. The molecule has 4 nitrogen and oxygen atoms in total. The van der Waals surface area contributed by atoms with E-state index in [-0.39, 0.29) is 0 Å². The molecule has 0 aliphatic carbocycles. The van der Waals surface area contributed by atoms with Crippen molar-refractivity contribution in [2.75, 3.05) is 19.6 Å². The smallest absolute Gasteiger partial charge is 0.0771 e. The molecule has 4 rings (SSSR count). The molecule has 1 aromatic heterocycles. The topological polar surface area (TPSA) is 32.3 Å². The summed E-state index contributed by atoms with van der Waals surface area (Å²) in [5.74, 6) is 0. The summed E-state index contributed by atoms with van der Waals surface area (Å²) >= 11 is 0. The third-order valence-corrected chi connectivity index (χ3v) is 4.06. The van der Waals surface area contributed by atoms with Gasteiger partial charge in [0.2, 0.25) is 0 Å². The van der Waals surface area contributed by atoms with Gasteiger partial charge < -0.3 is 4.90 Å². The summed E-state index contributed by atoms with van der Waals surface area (Å²) in [7, 11) is 0. The fraction of sp³-hybridized carbons (Fsp3) is 0.692. The fourth-order valence-electron chi connectivity index (χ4n) is 2.99. The van der Waals surface area contributed by atoms with Crippen molar-refractivity contribution in [1.29, 1.82) is 0 Å². The molecule has 0 saturated carbocycles. The summed E-state index contributed by atoms with van der Waals surface area (Å²) in [5.41, 5.74) is 2.10. The van der Waals surface area contributed by atoms with Crippen LogP contribution in [-0.2, 0) is 6.54 Å². The molecule has 0 aromatic carbocycles. The van der Waals surface area contributed by atoms with Gasteiger partial charge in [-0.05, 0) is 32.0 Å². The van der Waals surface area contributed by atoms with E-state index in [2.05, 4.69) is 39.1 Å². The normalized spacial score (nSPS) is 29.1. The lowest BCUT2D eigenvalue weighted by Crippen LogP contribution is -2.67. The standard InChI is InChI=1S/C13H20N4/c1-3-16-8-12-6-13(9-16)17(12)7-11-5-4-10(2)14-15-11/h4-5,12-13H,3,6-9H2,1-2H3. The predicted octanol–water partition coefficient (Wildman–Crippen LogP) is 1.06. The van der Waals surface area contributed by atoms with Gasteiger partial charge in [0.05, 0.1) is 11.4 Å². The summed E-state index contributed by atoms with van der Waals surface area (Å²) in [4.78, 5) is 5.14. The zero-order valence-corrected chi connectivity index (χ0v) is 10.6. The van der Waals surface area contributed by atoms with Crippen LogP contribution in [0.2, 0.25) is 0 Å². The van der Waals surface area contributed by atoms with Gasteiger partial charge in [0.25, 0.3) is 0 Å². The van der Waals surface area contributed by atoms with Crippen LogP contribution in [0, 0.1) is 6.92 Å². The first-order valence-corrected chi connectivity index (χ1v) is 6.53. The van der Waals surface area contributed by atoms with Crippen LogP contribution >= 0.6 is 0 Å². The Morgan fingerprint density at radius 2 is 2.00 bits per heavy atom. The zero-order chi connectivity index (χ0) is 11.8. The fourth-order valence-corrected chi connectivity index (χ4v) is 2.99. The van der Waals surface area contributed by atoms with Gasteiger partial charge in [-0.15, -0.1) is 0 Å². The lowest BCUT2D eigenvalue weighted by molar-refractivity contribution is -0.0739. The first kappa shape index (κ1) is 11.1. The first-order valence-electron chi connectivity index (χ1n) is 6.53. The Morgan fingerprint density at radius 1 is 1.24 bits per heavy atom. The molecule has 2 unspecified atom stereocenters. The average Bonchev–Trinajstić information content (AvgIpc) is 2.38. The lowest BCUT2D eigenvalue weighted by Gasteiger charge is -2.56. The highest BCUT2D eigenvalue weighted by Crippen LogP contribution is 2.33. The molecule has 4 heteroatoms. The van der Waals surface area contributed by atoms with Gasteiger partial charge >= 0.3 is 0 Å². The molecule has 3 saturated heterocycles. The molecule has 0 N–H and O–H groups in total. The van der Waals surface area contributed by atoms with Crippen LogP contribution in [0.3, 0.4) is 0 Å². The summed E-state index contributed by atoms with van der Waals surface area (Å²) in [6.07, 6.45) is 1.37. The average molecular weight is 232 g/mol. The highest BCUT2D eigenvalue weighted by molar-refractivity contribution is 5.09. The Kier molecular flexibility index (Phi) is 2.84. The second kappa shape index (κ2) is 4.35. The Morgan fingerprint density at radius 3 is 2.59 bits per heavy atom. The van der Waals surface area contributed by atoms with Crippen molar-refractivity contribution in [2.45, 2.75) is 38.9 Å². The number of rotatable bonds is 3. The molecule has 3 aliphatic rings. The number of fused-ring (bicyclic) bond motifs is 2. The van der Waals surface area contributed by atoms with Crippen LogP contribution in [0.15, 0.2) is 12.1 Å². The van der Waals surface area contributed by atoms with Crippen molar-refractivity contribution in [3.8, 4) is 0 Å². The van der Waals surface area contributed by atoms with Gasteiger partial charge in [-0.25, -0.2) is 0 Å². The number of likely N-dealkylation sites (N-methyl/N-ethyl adjacent to an activating group) is 1. The van der Waals surface area contributed by atoms with Crippen molar-refractivity contribution in [2.24, 2.45) is 0 Å². The van der Waals surface area contributed by atoms with E-state index >= 15 is 0 Å². The number of nitrogens with zero attached hydrogens (tertiary/aromatic N) is 4. The third kappa shape index (κ3) is 2.07.